The Kier molecular flexibility index (Phi) is 4.64. The summed E-state index contributed by atoms with van der Waals surface area (Å²) in [5.74, 6) is 0.570. The normalized spacial score (nSPS) is 13.1. The third kappa shape index (κ3) is 4.05. The van der Waals surface area contributed by atoms with Gasteiger partial charge in [-0.2, -0.15) is 5.10 Å². The van der Waals surface area contributed by atoms with E-state index in [0.29, 0.717) is 18.4 Å². The number of nitrogens with zero attached hydrogens (tertiary/aromatic N) is 2. The van der Waals surface area contributed by atoms with E-state index in [2.05, 4.69) is 18.9 Å². The number of primary sulfonamides is 1. The van der Waals surface area contributed by atoms with Crippen molar-refractivity contribution in [3.8, 4) is 5.75 Å². The minimum Gasteiger partial charge on any atom is -0.487 e. The zero-order valence-electron chi connectivity index (χ0n) is 12.1. The molecule has 0 amide bonds. The summed E-state index contributed by atoms with van der Waals surface area (Å²) < 4.78 is 29.8. The van der Waals surface area contributed by atoms with Gasteiger partial charge in [0.1, 0.15) is 12.4 Å². The molecule has 0 saturated heterocycles. The van der Waals surface area contributed by atoms with Crippen LogP contribution in [-0.2, 0) is 16.6 Å². The molecule has 21 heavy (non-hydrogen) atoms. The van der Waals surface area contributed by atoms with Crippen LogP contribution in [-0.4, -0.2) is 18.2 Å². The fourth-order valence-electron chi connectivity index (χ4n) is 1.77. The Bertz CT molecular complexity index is 693. The molecule has 0 aliphatic rings. The molecule has 1 aromatic heterocycles. The van der Waals surface area contributed by atoms with Gasteiger partial charge in [-0.3, -0.25) is 4.68 Å². The van der Waals surface area contributed by atoms with Crippen LogP contribution in [0.2, 0.25) is 0 Å². The smallest absolute Gasteiger partial charge is 0.238 e. The van der Waals surface area contributed by atoms with Crippen molar-refractivity contribution in [2.75, 3.05) is 0 Å². The quantitative estimate of drug-likeness (QED) is 0.885. The van der Waals surface area contributed by atoms with Gasteiger partial charge in [-0.1, -0.05) is 6.92 Å². The van der Waals surface area contributed by atoms with E-state index < -0.39 is 10.0 Å². The summed E-state index contributed by atoms with van der Waals surface area (Å²) in [6.07, 6.45) is 2.94. The van der Waals surface area contributed by atoms with E-state index in [0.717, 1.165) is 12.1 Å². The van der Waals surface area contributed by atoms with Crippen molar-refractivity contribution in [3.05, 3.63) is 42.2 Å². The van der Waals surface area contributed by atoms with Crippen molar-refractivity contribution < 1.29 is 13.2 Å². The first-order valence-electron chi connectivity index (χ1n) is 6.70. The predicted octanol–water partition coefficient (Wildman–Crippen LogP) is 2.08. The fourth-order valence-corrected chi connectivity index (χ4v) is 2.29. The summed E-state index contributed by atoms with van der Waals surface area (Å²) in [6.45, 7) is 4.54. The van der Waals surface area contributed by atoms with Gasteiger partial charge in [0.15, 0.2) is 0 Å². The second-order valence-electron chi connectivity index (χ2n) is 4.85. The van der Waals surface area contributed by atoms with Crippen molar-refractivity contribution in [3.63, 3.8) is 0 Å². The molecule has 6 nitrogen and oxygen atoms in total. The van der Waals surface area contributed by atoms with Gasteiger partial charge in [0.05, 0.1) is 10.6 Å². The van der Waals surface area contributed by atoms with Crippen molar-refractivity contribution in [1.82, 2.24) is 9.78 Å². The van der Waals surface area contributed by atoms with Gasteiger partial charge < -0.3 is 4.74 Å². The SMILES string of the molecule is CCC(C)n1ccc(COc2ccc(S(N)(=O)=O)cc2)n1. The molecule has 0 saturated carbocycles. The molecule has 2 N–H and O–H groups in total. The van der Waals surface area contributed by atoms with E-state index in [1.807, 2.05) is 16.9 Å². The Hall–Kier alpha value is -1.86. The maximum absolute atomic E-state index is 11.1. The zero-order valence-corrected chi connectivity index (χ0v) is 12.9. The van der Waals surface area contributed by atoms with Crippen molar-refractivity contribution in [2.45, 2.75) is 37.8 Å². The number of hydrogen-bond acceptors (Lipinski definition) is 4. The Morgan fingerprint density at radius 2 is 1.95 bits per heavy atom. The number of hydrogen-bond donors (Lipinski definition) is 1. The zero-order chi connectivity index (χ0) is 15.5. The number of nitrogens with two attached hydrogens (primary N) is 1. The Labute approximate surface area is 124 Å². The lowest BCUT2D eigenvalue weighted by Crippen LogP contribution is -2.11. The average molecular weight is 309 g/mol. The molecule has 0 radical (unpaired) electrons. The van der Waals surface area contributed by atoms with Gasteiger partial charge in [-0.15, -0.1) is 0 Å². The number of aromatic nitrogens is 2. The molecule has 2 aromatic rings. The first kappa shape index (κ1) is 15.5. The van der Waals surface area contributed by atoms with Crippen LogP contribution in [0.25, 0.3) is 0 Å². The van der Waals surface area contributed by atoms with Crippen LogP contribution >= 0.6 is 0 Å². The highest BCUT2D eigenvalue weighted by Crippen LogP contribution is 2.16. The molecule has 0 aliphatic carbocycles. The Morgan fingerprint density at radius 1 is 1.29 bits per heavy atom. The van der Waals surface area contributed by atoms with E-state index in [4.69, 9.17) is 9.88 Å². The Balaban J connectivity index is 1.98. The van der Waals surface area contributed by atoms with Crippen molar-refractivity contribution in [2.24, 2.45) is 5.14 Å². The molecule has 0 spiro atoms. The predicted molar refractivity (Wildman–Crippen MR) is 79.4 cm³/mol. The van der Waals surface area contributed by atoms with Crippen LogP contribution in [0.1, 0.15) is 32.0 Å². The first-order valence-corrected chi connectivity index (χ1v) is 8.24. The molecule has 7 heteroatoms. The highest BCUT2D eigenvalue weighted by atomic mass is 32.2. The van der Waals surface area contributed by atoms with Crippen molar-refractivity contribution in [1.29, 1.82) is 0 Å². The third-order valence-electron chi connectivity index (χ3n) is 3.24. The van der Waals surface area contributed by atoms with Crippen LogP contribution in [0.4, 0.5) is 0 Å². The summed E-state index contributed by atoms with van der Waals surface area (Å²) in [4.78, 5) is 0.0656. The van der Waals surface area contributed by atoms with E-state index in [1.54, 1.807) is 12.1 Å². The van der Waals surface area contributed by atoms with Crippen LogP contribution < -0.4 is 9.88 Å². The lowest BCUT2D eigenvalue weighted by Gasteiger charge is -2.08. The maximum Gasteiger partial charge on any atom is 0.238 e. The lowest BCUT2D eigenvalue weighted by molar-refractivity contribution is 0.298. The molecule has 0 aliphatic heterocycles. The van der Waals surface area contributed by atoms with E-state index in [1.165, 1.54) is 12.1 Å². The molecule has 1 unspecified atom stereocenters. The minimum absolute atomic E-state index is 0.0656. The van der Waals surface area contributed by atoms with Gasteiger partial charge >= 0.3 is 0 Å². The maximum atomic E-state index is 11.1. The molecule has 1 aromatic carbocycles. The molecular weight excluding hydrogens is 290 g/mol. The Morgan fingerprint density at radius 3 is 2.52 bits per heavy atom. The first-order chi connectivity index (χ1) is 9.90. The average Bonchev–Trinajstić information content (AvgIpc) is 2.92. The van der Waals surface area contributed by atoms with Crippen LogP contribution in [0.3, 0.4) is 0 Å². The third-order valence-corrected chi connectivity index (χ3v) is 4.17. The number of ether oxygens (including phenoxy) is 1. The molecule has 0 bridgehead atoms. The second kappa shape index (κ2) is 6.28. The highest BCUT2D eigenvalue weighted by molar-refractivity contribution is 7.89. The molecule has 0 fully saturated rings. The molecule has 114 valence electrons. The largest absolute Gasteiger partial charge is 0.487 e. The summed E-state index contributed by atoms with van der Waals surface area (Å²) >= 11 is 0. The highest BCUT2D eigenvalue weighted by Gasteiger charge is 2.08. The van der Waals surface area contributed by atoms with Gasteiger partial charge in [-0.25, -0.2) is 13.6 Å². The minimum atomic E-state index is -3.67. The van der Waals surface area contributed by atoms with Gasteiger partial charge in [0, 0.05) is 12.2 Å². The summed E-state index contributed by atoms with van der Waals surface area (Å²) in [5.41, 5.74) is 0.825. The van der Waals surface area contributed by atoms with E-state index >= 15 is 0 Å². The molecule has 1 atom stereocenters. The number of benzene rings is 1. The fraction of sp³-hybridized carbons (Fsp3) is 0.357. The summed E-state index contributed by atoms with van der Waals surface area (Å²) in [7, 11) is -3.67. The van der Waals surface area contributed by atoms with E-state index in [9.17, 15) is 8.42 Å². The summed E-state index contributed by atoms with van der Waals surface area (Å²) in [6, 6.07) is 8.25. The topological polar surface area (TPSA) is 87.2 Å². The van der Waals surface area contributed by atoms with Crippen molar-refractivity contribution >= 4 is 10.0 Å². The monoisotopic (exact) mass is 309 g/mol. The van der Waals surface area contributed by atoms with Crippen LogP contribution in [0, 0.1) is 0 Å². The van der Waals surface area contributed by atoms with Gasteiger partial charge in [0.2, 0.25) is 10.0 Å². The van der Waals surface area contributed by atoms with Crippen LogP contribution in [0.5, 0.6) is 5.75 Å². The molecular formula is C14H19N3O3S. The van der Waals surface area contributed by atoms with Gasteiger partial charge in [-0.05, 0) is 43.7 Å². The van der Waals surface area contributed by atoms with E-state index in [-0.39, 0.29) is 4.90 Å². The molecule has 1 heterocycles. The number of sulfonamides is 1. The standard InChI is InChI=1S/C14H19N3O3S/c1-3-11(2)17-9-8-12(16-17)10-20-13-4-6-14(7-5-13)21(15,18)19/h4-9,11H,3,10H2,1-2H3,(H2,15,18,19). The van der Waals surface area contributed by atoms with Crippen LogP contribution in [0.15, 0.2) is 41.4 Å². The van der Waals surface area contributed by atoms with Gasteiger partial charge in [0.25, 0.3) is 0 Å². The second-order valence-corrected chi connectivity index (χ2v) is 6.41. The molecule has 2 rings (SSSR count). The lowest BCUT2D eigenvalue weighted by atomic mass is 10.3. The summed E-state index contributed by atoms with van der Waals surface area (Å²) in [5, 5.41) is 9.46. The number of rotatable bonds is 6.